The SMILES string of the molecule is NCCCN1CCC(c2onc3cc(F)ccc23)CC1. The normalized spacial score (nSPS) is 17.9. The van der Waals surface area contributed by atoms with Crippen LogP contribution >= 0.6 is 0 Å². The fourth-order valence-corrected chi connectivity index (χ4v) is 2.96. The molecule has 5 heteroatoms. The molecule has 20 heavy (non-hydrogen) atoms. The second-order valence-electron chi connectivity index (χ2n) is 5.47. The summed E-state index contributed by atoms with van der Waals surface area (Å²) in [4.78, 5) is 2.45. The van der Waals surface area contributed by atoms with Crippen LogP contribution in [0.5, 0.6) is 0 Å². The van der Waals surface area contributed by atoms with Gasteiger partial charge in [0.15, 0.2) is 0 Å². The van der Waals surface area contributed by atoms with Crippen molar-refractivity contribution >= 4 is 10.9 Å². The van der Waals surface area contributed by atoms with Crippen molar-refractivity contribution in [2.24, 2.45) is 5.73 Å². The lowest BCUT2D eigenvalue weighted by atomic mass is 9.92. The maximum atomic E-state index is 13.2. The van der Waals surface area contributed by atoms with Crippen LogP contribution in [0.2, 0.25) is 0 Å². The number of hydrogen-bond acceptors (Lipinski definition) is 4. The summed E-state index contributed by atoms with van der Waals surface area (Å²) < 4.78 is 18.6. The van der Waals surface area contributed by atoms with Crippen molar-refractivity contribution < 1.29 is 8.91 Å². The summed E-state index contributed by atoms with van der Waals surface area (Å²) in [5.74, 6) is 1.03. The zero-order chi connectivity index (χ0) is 13.9. The molecule has 1 saturated heterocycles. The molecule has 0 spiro atoms. The van der Waals surface area contributed by atoms with Gasteiger partial charge in [0.25, 0.3) is 0 Å². The summed E-state index contributed by atoms with van der Waals surface area (Å²) in [6.45, 7) is 3.95. The van der Waals surface area contributed by atoms with Gasteiger partial charge < -0.3 is 15.2 Å². The standard InChI is InChI=1S/C15H20FN3O/c16-12-2-3-13-14(10-12)18-20-15(13)11-4-8-19(9-5-11)7-1-6-17/h2-3,10-11H,1,4-9,17H2. The van der Waals surface area contributed by atoms with Crippen molar-refractivity contribution in [3.8, 4) is 0 Å². The van der Waals surface area contributed by atoms with E-state index in [0.29, 0.717) is 11.4 Å². The van der Waals surface area contributed by atoms with Gasteiger partial charge in [0.1, 0.15) is 17.1 Å². The Hall–Kier alpha value is -1.46. The minimum atomic E-state index is -0.269. The van der Waals surface area contributed by atoms with E-state index in [4.69, 9.17) is 10.3 Å². The van der Waals surface area contributed by atoms with Crippen molar-refractivity contribution in [1.29, 1.82) is 0 Å². The highest BCUT2D eigenvalue weighted by molar-refractivity contribution is 5.80. The molecule has 0 saturated carbocycles. The molecule has 0 aliphatic carbocycles. The van der Waals surface area contributed by atoms with Crippen molar-refractivity contribution in [2.75, 3.05) is 26.2 Å². The predicted molar refractivity (Wildman–Crippen MR) is 76.1 cm³/mol. The molecule has 0 unspecified atom stereocenters. The van der Waals surface area contributed by atoms with E-state index in [0.717, 1.165) is 56.6 Å². The minimum absolute atomic E-state index is 0.269. The molecule has 2 N–H and O–H groups in total. The second kappa shape index (κ2) is 5.89. The molecular formula is C15H20FN3O. The number of nitrogens with zero attached hydrogens (tertiary/aromatic N) is 2. The average Bonchev–Trinajstić information content (AvgIpc) is 2.88. The number of piperidine rings is 1. The van der Waals surface area contributed by atoms with Crippen molar-refractivity contribution in [2.45, 2.75) is 25.2 Å². The van der Waals surface area contributed by atoms with E-state index in [9.17, 15) is 4.39 Å². The van der Waals surface area contributed by atoms with E-state index < -0.39 is 0 Å². The average molecular weight is 277 g/mol. The number of benzene rings is 1. The Bertz CT molecular complexity index is 576. The van der Waals surface area contributed by atoms with Crippen LogP contribution in [-0.2, 0) is 0 Å². The molecule has 1 aliphatic heterocycles. The maximum Gasteiger partial charge on any atom is 0.147 e. The topological polar surface area (TPSA) is 55.3 Å². The number of halogens is 1. The van der Waals surface area contributed by atoms with Gasteiger partial charge in [-0.15, -0.1) is 0 Å². The number of likely N-dealkylation sites (tertiary alicyclic amines) is 1. The Morgan fingerprint density at radius 3 is 2.90 bits per heavy atom. The lowest BCUT2D eigenvalue weighted by Crippen LogP contribution is -2.34. The van der Waals surface area contributed by atoms with Crippen LogP contribution in [0, 0.1) is 5.82 Å². The molecule has 2 heterocycles. The number of rotatable bonds is 4. The summed E-state index contributed by atoms with van der Waals surface area (Å²) in [5.41, 5.74) is 6.16. The lowest BCUT2D eigenvalue weighted by molar-refractivity contribution is 0.197. The monoisotopic (exact) mass is 277 g/mol. The first-order chi connectivity index (χ1) is 9.78. The van der Waals surface area contributed by atoms with Gasteiger partial charge in [0, 0.05) is 17.4 Å². The molecule has 1 aromatic heterocycles. The summed E-state index contributed by atoms with van der Waals surface area (Å²) in [6.07, 6.45) is 3.17. The van der Waals surface area contributed by atoms with Gasteiger partial charge in [-0.05, 0) is 57.6 Å². The van der Waals surface area contributed by atoms with Gasteiger partial charge in [-0.2, -0.15) is 0 Å². The zero-order valence-electron chi connectivity index (χ0n) is 11.5. The molecule has 1 aromatic carbocycles. The Labute approximate surface area is 117 Å². The first-order valence-corrected chi connectivity index (χ1v) is 7.25. The Balaban J connectivity index is 1.70. The minimum Gasteiger partial charge on any atom is -0.360 e. The summed E-state index contributed by atoms with van der Waals surface area (Å²) in [5, 5.41) is 4.93. The van der Waals surface area contributed by atoms with E-state index >= 15 is 0 Å². The third-order valence-corrected chi connectivity index (χ3v) is 4.10. The lowest BCUT2D eigenvalue weighted by Gasteiger charge is -2.30. The van der Waals surface area contributed by atoms with Crippen LogP contribution in [0.15, 0.2) is 22.7 Å². The predicted octanol–water partition coefficient (Wildman–Crippen LogP) is 2.50. The first-order valence-electron chi connectivity index (χ1n) is 7.25. The van der Waals surface area contributed by atoms with E-state index in [2.05, 4.69) is 10.1 Å². The molecule has 1 fully saturated rings. The molecule has 0 bridgehead atoms. The Morgan fingerprint density at radius 2 is 2.15 bits per heavy atom. The highest BCUT2D eigenvalue weighted by Gasteiger charge is 2.25. The summed E-state index contributed by atoms with van der Waals surface area (Å²) in [7, 11) is 0. The van der Waals surface area contributed by atoms with Gasteiger partial charge in [0.2, 0.25) is 0 Å². The van der Waals surface area contributed by atoms with Gasteiger partial charge >= 0.3 is 0 Å². The fourth-order valence-electron chi connectivity index (χ4n) is 2.96. The first kappa shape index (κ1) is 13.5. The summed E-state index contributed by atoms with van der Waals surface area (Å²) >= 11 is 0. The van der Waals surface area contributed by atoms with Gasteiger partial charge in [0.05, 0.1) is 0 Å². The van der Waals surface area contributed by atoms with E-state index in [1.165, 1.54) is 12.1 Å². The third kappa shape index (κ3) is 2.69. The second-order valence-corrected chi connectivity index (χ2v) is 5.47. The van der Waals surface area contributed by atoms with Gasteiger partial charge in [-0.1, -0.05) is 5.16 Å². The maximum absolute atomic E-state index is 13.2. The number of fused-ring (bicyclic) bond motifs is 1. The molecule has 0 amide bonds. The highest BCUT2D eigenvalue weighted by atomic mass is 19.1. The molecule has 4 nitrogen and oxygen atoms in total. The van der Waals surface area contributed by atoms with Crippen LogP contribution < -0.4 is 5.73 Å². The van der Waals surface area contributed by atoms with Crippen LogP contribution in [-0.4, -0.2) is 36.2 Å². The highest BCUT2D eigenvalue weighted by Crippen LogP contribution is 2.33. The van der Waals surface area contributed by atoms with Gasteiger partial charge in [-0.25, -0.2) is 4.39 Å². The largest absolute Gasteiger partial charge is 0.360 e. The molecule has 1 aliphatic rings. The van der Waals surface area contributed by atoms with Crippen molar-refractivity contribution in [1.82, 2.24) is 10.1 Å². The molecule has 0 atom stereocenters. The fraction of sp³-hybridized carbons (Fsp3) is 0.533. The molecular weight excluding hydrogens is 257 g/mol. The number of nitrogens with two attached hydrogens (primary N) is 1. The summed E-state index contributed by atoms with van der Waals surface area (Å²) in [6, 6.07) is 4.68. The molecule has 108 valence electrons. The van der Waals surface area contributed by atoms with Crippen molar-refractivity contribution in [3.05, 3.63) is 29.8 Å². The smallest absolute Gasteiger partial charge is 0.147 e. The van der Waals surface area contributed by atoms with Crippen LogP contribution in [0.4, 0.5) is 4.39 Å². The van der Waals surface area contributed by atoms with E-state index in [1.807, 2.05) is 0 Å². The molecule has 3 rings (SSSR count). The zero-order valence-corrected chi connectivity index (χ0v) is 11.5. The Morgan fingerprint density at radius 1 is 1.35 bits per heavy atom. The van der Waals surface area contributed by atoms with Crippen molar-refractivity contribution in [3.63, 3.8) is 0 Å². The van der Waals surface area contributed by atoms with E-state index in [1.54, 1.807) is 6.07 Å². The molecule has 0 radical (unpaired) electrons. The number of hydrogen-bond donors (Lipinski definition) is 1. The van der Waals surface area contributed by atoms with Crippen LogP contribution in [0.3, 0.4) is 0 Å². The van der Waals surface area contributed by atoms with Crippen LogP contribution in [0.25, 0.3) is 10.9 Å². The third-order valence-electron chi connectivity index (χ3n) is 4.10. The quantitative estimate of drug-likeness (QED) is 0.933. The van der Waals surface area contributed by atoms with Crippen LogP contribution in [0.1, 0.15) is 30.9 Å². The Kier molecular flexibility index (Phi) is 3.98. The molecule has 2 aromatic rings. The van der Waals surface area contributed by atoms with E-state index in [-0.39, 0.29) is 5.82 Å². The number of aromatic nitrogens is 1. The van der Waals surface area contributed by atoms with Gasteiger partial charge in [-0.3, -0.25) is 0 Å².